The minimum Gasteiger partial charge on any atom is -0.352 e. The number of halogens is 1. The Morgan fingerprint density at radius 1 is 1.08 bits per heavy atom. The van der Waals surface area contributed by atoms with E-state index in [9.17, 15) is 18.8 Å². The molecule has 0 radical (unpaired) electrons. The van der Waals surface area contributed by atoms with Crippen LogP contribution in [0.5, 0.6) is 0 Å². The molecule has 1 aliphatic rings. The van der Waals surface area contributed by atoms with Crippen molar-refractivity contribution in [3.63, 3.8) is 0 Å². The van der Waals surface area contributed by atoms with Crippen molar-refractivity contribution >= 4 is 17.7 Å². The Hall–Kier alpha value is -3.02. The predicted molar refractivity (Wildman–Crippen MR) is 94.0 cm³/mol. The molecule has 5 nitrogen and oxygen atoms in total. The van der Waals surface area contributed by atoms with Crippen molar-refractivity contribution in [1.82, 2.24) is 10.2 Å². The third-order valence-corrected chi connectivity index (χ3v) is 4.35. The van der Waals surface area contributed by atoms with Crippen LogP contribution in [-0.4, -0.2) is 29.2 Å². The normalized spacial score (nSPS) is 13.1. The zero-order chi connectivity index (χ0) is 18.7. The van der Waals surface area contributed by atoms with E-state index in [1.807, 2.05) is 6.92 Å². The SMILES string of the molecule is Cc1ccc2c(c1)C(=O)N(CCCC(=O)NCc1ccccc1F)C2=O. The number of amides is 3. The summed E-state index contributed by atoms with van der Waals surface area (Å²) in [6.07, 6.45) is 0.508. The van der Waals surface area contributed by atoms with E-state index in [1.54, 1.807) is 36.4 Å². The van der Waals surface area contributed by atoms with Gasteiger partial charge in [0.2, 0.25) is 5.91 Å². The summed E-state index contributed by atoms with van der Waals surface area (Å²) in [5, 5.41) is 2.64. The lowest BCUT2D eigenvalue weighted by atomic mass is 10.1. The largest absolute Gasteiger partial charge is 0.352 e. The second kappa shape index (κ2) is 7.47. The fourth-order valence-corrected chi connectivity index (χ4v) is 2.93. The van der Waals surface area contributed by atoms with Crippen LogP contribution in [0.4, 0.5) is 4.39 Å². The molecule has 0 fully saturated rings. The monoisotopic (exact) mass is 354 g/mol. The molecule has 0 saturated heterocycles. The second-order valence-electron chi connectivity index (χ2n) is 6.28. The van der Waals surface area contributed by atoms with Gasteiger partial charge in [-0.2, -0.15) is 0 Å². The number of hydrogen-bond acceptors (Lipinski definition) is 3. The van der Waals surface area contributed by atoms with Gasteiger partial charge in [-0.15, -0.1) is 0 Å². The number of imide groups is 1. The summed E-state index contributed by atoms with van der Waals surface area (Å²) in [6.45, 7) is 2.15. The maximum absolute atomic E-state index is 13.5. The molecule has 26 heavy (non-hydrogen) atoms. The number of rotatable bonds is 6. The Kier molecular flexibility index (Phi) is 5.11. The zero-order valence-corrected chi connectivity index (χ0v) is 14.4. The summed E-state index contributed by atoms with van der Waals surface area (Å²) in [5.41, 5.74) is 2.15. The highest BCUT2D eigenvalue weighted by Gasteiger charge is 2.34. The maximum atomic E-state index is 13.5. The molecule has 1 N–H and O–H groups in total. The van der Waals surface area contributed by atoms with E-state index in [1.165, 1.54) is 11.0 Å². The average molecular weight is 354 g/mol. The highest BCUT2D eigenvalue weighted by molar-refractivity contribution is 6.21. The summed E-state index contributed by atoms with van der Waals surface area (Å²) in [6, 6.07) is 11.4. The van der Waals surface area contributed by atoms with Gasteiger partial charge in [0.25, 0.3) is 11.8 Å². The Balaban J connectivity index is 1.49. The predicted octanol–water partition coefficient (Wildman–Crippen LogP) is 2.83. The molecule has 2 aromatic rings. The first-order valence-corrected chi connectivity index (χ1v) is 8.44. The average Bonchev–Trinajstić information content (AvgIpc) is 2.85. The molecule has 0 atom stereocenters. The molecule has 3 rings (SSSR count). The first-order chi connectivity index (χ1) is 12.5. The van der Waals surface area contributed by atoms with Crippen LogP contribution < -0.4 is 5.32 Å². The smallest absolute Gasteiger partial charge is 0.261 e. The van der Waals surface area contributed by atoms with Gasteiger partial charge in [0.15, 0.2) is 0 Å². The van der Waals surface area contributed by atoms with Crippen molar-refractivity contribution in [3.05, 3.63) is 70.5 Å². The Bertz CT molecular complexity index is 879. The van der Waals surface area contributed by atoms with Crippen LogP contribution in [0.25, 0.3) is 0 Å². The number of benzene rings is 2. The lowest BCUT2D eigenvalue weighted by molar-refractivity contribution is -0.121. The molecule has 134 valence electrons. The van der Waals surface area contributed by atoms with E-state index in [4.69, 9.17) is 0 Å². The van der Waals surface area contributed by atoms with Gasteiger partial charge in [0.05, 0.1) is 11.1 Å². The van der Waals surface area contributed by atoms with Crippen LogP contribution in [0, 0.1) is 12.7 Å². The van der Waals surface area contributed by atoms with Crippen molar-refractivity contribution < 1.29 is 18.8 Å². The first-order valence-electron chi connectivity index (χ1n) is 8.44. The van der Waals surface area contributed by atoms with E-state index < -0.39 is 0 Å². The van der Waals surface area contributed by atoms with Gasteiger partial charge >= 0.3 is 0 Å². The lowest BCUT2D eigenvalue weighted by Gasteiger charge is -2.13. The van der Waals surface area contributed by atoms with Crippen LogP contribution in [0.1, 0.15) is 44.7 Å². The zero-order valence-electron chi connectivity index (χ0n) is 14.4. The fraction of sp³-hybridized carbons (Fsp3) is 0.250. The van der Waals surface area contributed by atoms with Crippen LogP contribution in [0.2, 0.25) is 0 Å². The van der Waals surface area contributed by atoms with Crippen LogP contribution >= 0.6 is 0 Å². The summed E-state index contributed by atoms with van der Waals surface area (Å²) in [7, 11) is 0. The highest BCUT2D eigenvalue weighted by atomic mass is 19.1. The van der Waals surface area contributed by atoms with E-state index >= 15 is 0 Å². The molecule has 0 bridgehead atoms. The lowest BCUT2D eigenvalue weighted by Crippen LogP contribution is -2.32. The maximum Gasteiger partial charge on any atom is 0.261 e. The van der Waals surface area contributed by atoms with Crippen molar-refractivity contribution in [2.45, 2.75) is 26.3 Å². The van der Waals surface area contributed by atoms with Crippen molar-refractivity contribution in [1.29, 1.82) is 0 Å². The summed E-state index contributed by atoms with van der Waals surface area (Å²) >= 11 is 0. The van der Waals surface area contributed by atoms with E-state index in [0.717, 1.165) is 5.56 Å². The first kappa shape index (κ1) is 17.8. The molecule has 1 heterocycles. The quantitative estimate of drug-likeness (QED) is 0.811. The molecule has 2 aromatic carbocycles. The van der Waals surface area contributed by atoms with Gasteiger partial charge < -0.3 is 5.32 Å². The number of aryl methyl sites for hydroxylation is 1. The van der Waals surface area contributed by atoms with Gasteiger partial charge in [0.1, 0.15) is 5.82 Å². The summed E-state index contributed by atoms with van der Waals surface area (Å²) < 4.78 is 13.5. The van der Waals surface area contributed by atoms with E-state index in [-0.39, 0.29) is 43.0 Å². The second-order valence-corrected chi connectivity index (χ2v) is 6.28. The molecule has 0 saturated carbocycles. The van der Waals surface area contributed by atoms with Gasteiger partial charge in [-0.1, -0.05) is 29.8 Å². The number of nitrogens with one attached hydrogen (secondary N) is 1. The molecule has 0 aromatic heterocycles. The van der Waals surface area contributed by atoms with E-state index in [0.29, 0.717) is 23.1 Å². The molecular formula is C20H19FN2O3. The molecular weight excluding hydrogens is 335 g/mol. The van der Waals surface area contributed by atoms with E-state index in [2.05, 4.69) is 5.32 Å². The van der Waals surface area contributed by atoms with Crippen LogP contribution in [0.3, 0.4) is 0 Å². The number of fused-ring (bicyclic) bond motifs is 1. The van der Waals surface area contributed by atoms with Gasteiger partial charge in [-0.25, -0.2) is 4.39 Å². The minimum absolute atomic E-state index is 0.109. The Morgan fingerprint density at radius 2 is 1.81 bits per heavy atom. The Morgan fingerprint density at radius 3 is 2.58 bits per heavy atom. The summed E-state index contributed by atoms with van der Waals surface area (Å²) in [5.74, 6) is -1.26. The van der Waals surface area contributed by atoms with Gasteiger partial charge in [0, 0.05) is 25.1 Å². The molecule has 1 aliphatic heterocycles. The molecule has 3 amide bonds. The molecule has 0 unspecified atom stereocenters. The van der Waals surface area contributed by atoms with Crippen LogP contribution in [0.15, 0.2) is 42.5 Å². The Labute approximate surface area is 150 Å². The summed E-state index contributed by atoms with van der Waals surface area (Å²) in [4.78, 5) is 37.7. The molecule has 6 heteroatoms. The van der Waals surface area contributed by atoms with Gasteiger partial charge in [-0.3, -0.25) is 19.3 Å². The van der Waals surface area contributed by atoms with Crippen molar-refractivity contribution in [2.75, 3.05) is 6.54 Å². The van der Waals surface area contributed by atoms with Crippen molar-refractivity contribution in [2.24, 2.45) is 0 Å². The number of nitrogens with zero attached hydrogens (tertiary/aromatic N) is 1. The fourth-order valence-electron chi connectivity index (χ4n) is 2.93. The third kappa shape index (κ3) is 3.64. The highest BCUT2D eigenvalue weighted by Crippen LogP contribution is 2.24. The molecule has 0 aliphatic carbocycles. The van der Waals surface area contributed by atoms with Crippen molar-refractivity contribution in [3.8, 4) is 0 Å². The minimum atomic E-state index is -0.367. The topological polar surface area (TPSA) is 66.5 Å². The third-order valence-electron chi connectivity index (χ3n) is 4.35. The standard InChI is InChI=1S/C20H19FN2O3/c1-13-8-9-15-16(11-13)20(26)23(19(15)25)10-4-7-18(24)22-12-14-5-2-3-6-17(14)21/h2-3,5-6,8-9,11H,4,7,10,12H2,1H3,(H,22,24). The number of carbonyl (C=O) groups is 3. The number of carbonyl (C=O) groups excluding carboxylic acids is 3. The number of hydrogen-bond donors (Lipinski definition) is 1. The van der Waals surface area contributed by atoms with Crippen LogP contribution in [-0.2, 0) is 11.3 Å². The van der Waals surface area contributed by atoms with Gasteiger partial charge in [-0.05, 0) is 31.5 Å². The molecule has 0 spiro atoms.